The van der Waals surface area contributed by atoms with Gasteiger partial charge >= 0.3 is 0 Å². The molecule has 2 aromatic rings. The molecule has 0 bridgehead atoms. The Labute approximate surface area is 153 Å². The summed E-state index contributed by atoms with van der Waals surface area (Å²) in [5.74, 6) is 0.933. The first-order valence-electron chi connectivity index (χ1n) is 8.56. The number of nitrogens with zero attached hydrogens (tertiary/aromatic N) is 3. The monoisotopic (exact) mass is 358 g/mol. The van der Waals surface area contributed by atoms with Crippen molar-refractivity contribution in [1.29, 1.82) is 0 Å². The fraction of sp³-hybridized carbons (Fsp3) is 0.444. The molecule has 0 aliphatic carbocycles. The maximum atomic E-state index is 12.0. The van der Waals surface area contributed by atoms with Gasteiger partial charge in [-0.1, -0.05) is 26.0 Å². The number of rotatable bonds is 7. The van der Waals surface area contributed by atoms with Gasteiger partial charge in [0.2, 0.25) is 11.8 Å². The molecule has 0 saturated heterocycles. The minimum Gasteiger partial charge on any atom is -0.346 e. The Hall–Kier alpha value is -2.74. The number of aryl methyl sites for hydroxylation is 2. The van der Waals surface area contributed by atoms with Crippen LogP contribution in [0.15, 0.2) is 24.3 Å². The topological polar surface area (TPSA) is 115 Å². The van der Waals surface area contributed by atoms with Gasteiger partial charge in [-0.2, -0.15) is 5.10 Å². The van der Waals surface area contributed by atoms with Crippen LogP contribution in [0.5, 0.6) is 0 Å². The zero-order chi connectivity index (χ0) is 19.3. The van der Waals surface area contributed by atoms with E-state index in [0.29, 0.717) is 12.2 Å². The summed E-state index contributed by atoms with van der Waals surface area (Å²) in [6.07, 6.45) is 0. The molecule has 8 nitrogen and oxygen atoms in total. The molecule has 0 fully saturated rings. The number of benzene rings is 1. The van der Waals surface area contributed by atoms with Crippen molar-refractivity contribution in [3.05, 3.63) is 41.5 Å². The number of anilines is 1. The molecule has 0 saturated carbocycles. The average molecular weight is 358 g/mol. The van der Waals surface area contributed by atoms with E-state index in [4.69, 9.17) is 5.73 Å². The van der Waals surface area contributed by atoms with Crippen molar-refractivity contribution in [2.75, 3.05) is 11.9 Å². The lowest BCUT2D eigenvalue weighted by Gasteiger charge is -2.15. The van der Waals surface area contributed by atoms with E-state index in [1.165, 1.54) is 0 Å². The van der Waals surface area contributed by atoms with Crippen molar-refractivity contribution >= 4 is 17.5 Å². The molecule has 0 spiro atoms. The fourth-order valence-electron chi connectivity index (χ4n) is 2.42. The van der Waals surface area contributed by atoms with Crippen molar-refractivity contribution in [2.45, 2.75) is 40.3 Å². The number of aromatic nitrogens is 3. The standard InChI is InChI=1S/C18H26N6O2/c1-11(2)17(19)18(26)20-9-16(25)22-15-7-5-6-14(8-15)10-24-13(4)21-12(3)23-24/h5-8,11,17H,9-10,19H2,1-4H3,(H,20,26)(H,22,25)/t17-/m0/s1. The third-order valence-electron chi connectivity index (χ3n) is 3.95. The SMILES string of the molecule is Cc1nc(C)n(Cc2cccc(NC(=O)CNC(=O)[C@@H](N)C(C)C)c2)n1. The summed E-state index contributed by atoms with van der Waals surface area (Å²) in [6.45, 7) is 7.90. The van der Waals surface area contributed by atoms with Crippen molar-refractivity contribution in [2.24, 2.45) is 11.7 Å². The van der Waals surface area contributed by atoms with Gasteiger partial charge in [0, 0.05) is 5.69 Å². The summed E-state index contributed by atoms with van der Waals surface area (Å²) in [5, 5.41) is 9.66. The first-order valence-corrected chi connectivity index (χ1v) is 8.56. The molecule has 2 rings (SSSR count). The zero-order valence-electron chi connectivity index (χ0n) is 15.6. The maximum Gasteiger partial charge on any atom is 0.243 e. The van der Waals surface area contributed by atoms with E-state index in [2.05, 4.69) is 20.7 Å². The Balaban J connectivity index is 1.92. The van der Waals surface area contributed by atoms with Crippen molar-refractivity contribution in [1.82, 2.24) is 20.1 Å². The number of carbonyl (C=O) groups excluding carboxylic acids is 2. The summed E-state index contributed by atoms with van der Waals surface area (Å²) < 4.78 is 1.81. The summed E-state index contributed by atoms with van der Waals surface area (Å²) in [4.78, 5) is 28.1. The largest absolute Gasteiger partial charge is 0.346 e. The summed E-state index contributed by atoms with van der Waals surface area (Å²) in [7, 11) is 0. The predicted octanol–water partition coefficient (Wildman–Crippen LogP) is 0.981. The van der Waals surface area contributed by atoms with E-state index in [1.54, 1.807) is 6.07 Å². The quantitative estimate of drug-likeness (QED) is 0.682. The van der Waals surface area contributed by atoms with E-state index >= 15 is 0 Å². The van der Waals surface area contributed by atoms with Crippen LogP contribution in [0.2, 0.25) is 0 Å². The van der Waals surface area contributed by atoms with Crippen molar-refractivity contribution < 1.29 is 9.59 Å². The van der Waals surface area contributed by atoms with Crippen molar-refractivity contribution in [3.8, 4) is 0 Å². The van der Waals surface area contributed by atoms with Gasteiger partial charge in [-0.25, -0.2) is 9.67 Å². The zero-order valence-corrected chi connectivity index (χ0v) is 15.6. The molecule has 140 valence electrons. The van der Waals surface area contributed by atoms with E-state index in [9.17, 15) is 9.59 Å². The number of nitrogens with two attached hydrogens (primary N) is 1. The van der Waals surface area contributed by atoms with Gasteiger partial charge in [-0.05, 0) is 37.5 Å². The molecular formula is C18H26N6O2. The van der Waals surface area contributed by atoms with E-state index in [-0.39, 0.29) is 24.3 Å². The highest BCUT2D eigenvalue weighted by Gasteiger charge is 2.17. The number of hydrogen-bond acceptors (Lipinski definition) is 5. The second-order valence-electron chi connectivity index (χ2n) is 6.60. The Morgan fingerprint density at radius 3 is 2.62 bits per heavy atom. The van der Waals surface area contributed by atoms with E-state index < -0.39 is 6.04 Å². The molecule has 0 aliphatic rings. The normalized spacial score (nSPS) is 12.1. The van der Waals surface area contributed by atoms with Gasteiger partial charge in [0.05, 0.1) is 19.1 Å². The molecule has 1 heterocycles. The number of amides is 2. The smallest absolute Gasteiger partial charge is 0.243 e. The van der Waals surface area contributed by atoms with Gasteiger partial charge in [0.1, 0.15) is 11.6 Å². The van der Waals surface area contributed by atoms with Crippen LogP contribution in [-0.2, 0) is 16.1 Å². The first kappa shape index (κ1) is 19.6. The minimum atomic E-state index is -0.625. The van der Waals surface area contributed by atoms with Crippen LogP contribution in [0.25, 0.3) is 0 Å². The third kappa shape index (κ3) is 5.38. The van der Waals surface area contributed by atoms with Crippen LogP contribution < -0.4 is 16.4 Å². The third-order valence-corrected chi connectivity index (χ3v) is 3.95. The van der Waals surface area contributed by atoms with Crippen LogP contribution in [0.3, 0.4) is 0 Å². The van der Waals surface area contributed by atoms with Gasteiger partial charge in [0.15, 0.2) is 0 Å². The molecular weight excluding hydrogens is 332 g/mol. The molecule has 8 heteroatoms. The molecule has 4 N–H and O–H groups in total. The van der Waals surface area contributed by atoms with Gasteiger partial charge < -0.3 is 16.4 Å². The van der Waals surface area contributed by atoms with Crippen LogP contribution in [0.1, 0.15) is 31.1 Å². The fourth-order valence-corrected chi connectivity index (χ4v) is 2.42. The molecule has 1 atom stereocenters. The molecule has 1 aromatic heterocycles. The van der Waals surface area contributed by atoms with Gasteiger partial charge in [-0.15, -0.1) is 0 Å². The lowest BCUT2D eigenvalue weighted by Crippen LogP contribution is -2.46. The molecule has 0 unspecified atom stereocenters. The summed E-state index contributed by atoms with van der Waals surface area (Å²) in [6, 6.07) is 6.85. The minimum absolute atomic E-state index is 0.0126. The number of hydrogen-bond donors (Lipinski definition) is 3. The molecule has 0 radical (unpaired) electrons. The Morgan fingerprint density at radius 2 is 2.00 bits per heavy atom. The highest BCUT2D eigenvalue weighted by molar-refractivity contribution is 5.95. The summed E-state index contributed by atoms with van der Waals surface area (Å²) >= 11 is 0. The van der Waals surface area contributed by atoms with Crippen LogP contribution in [0, 0.1) is 19.8 Å². The highest BCUT2D eigenvalue weighted by Crippen LogP contribution is 2.12. The predicted molar refractivity (Wildman–Crippen MR) is 99.5 cm³/mol. The Morgan fingerprint density at radius 1 is 1.27 bits per heavy atom. The molecule has 26 heavy (non-hydrogen) atoms. The lowest BCUT2D eigenvalue weighted by molar-refractivity contribution is -0.125. The molecule has 1 aromatic carbocycles. The Bertz CT molecular complexity index is 784. The first-order chi connectivity index (χ1) is 12.3. The lowest BCUT2D eigenvalue weighted by atomic mass is 10.1. The molecule has 2 amide bonds. The van der Waals surface area contributed by atoms with Crippen LogP contribution >= 0.6 is 0 Å². The van der Waals surface area contributed by atoms with Crippen LogP contribution in [-0.4, -0.2) is 39.2 Å². The number of carbonyl (C=O) groups is 2. The van der Waals surface area contributed by atoms with E-state index in [1.807, 2.05) is 50.6 Å². The van der Waals surface area contributed by atoms with E-state index in [0.717, 1.165) is 17.2 Å². The molecule has 0 aliphatic heterocycles. The Kier molecular flexibility index (Phi) is 6.46. The van der Waals surface area contributed by atoms with Gasteiger partial charge in [-0.3, -0.25) is 9.59 Å². The average Bonchev–Trinajstić information content (AvgIpc) is 2.89. The number of nitrogens with one attached hydrogen (secondary N) is 2. The second-order valence-corrected chi connectivity index (χ2v) is 6.60. The van der Waals surface area contributed by atoms with Crippen LogP contribution in [0.4, 0.5) is 5.69 Å². The second kappa shape index (κ2) is 8.57. The summed E-state index contributed by atoms with van der Waals surface area (Å²) in [5.41, 5.74) is 7.39. The van der Waals surface area contributed by atoms with Gasteiger partial charge in [0.25, 0.3) is 0 Å². The van der Waals surface area contributed by atoms with Crippen molar-refractivity contribution in [3.63, 3.8) is 0 Å². The maximum absolute atomic E-state index is 12.0. The highest BCUT2D eigenvalue weighted by atomic mass is 16.2.